The lowest BCUT2D eigenvalue weighted by molar-refractivity contribution is 0.453. The minimum absolute atomic E-state index is 0.213. The highest BCUT2D eigenvalue weighted by molar-refractivity contribution is 9.10. The van der Waals surface area contributed by atoms with Gasteiger partial charge < -0.3 is 25.8 Å². The molecular formula is C40H33BrN10O2. The maximum absolute atomic E-state index is 9.10. The Hall–Kier alpha value is -7.01. The molecule has 0 saturated heterocycles. The van der Waals surface area contributed by atoms with E-state index >= 15 is 0 Å². The first-order chi connectivity index (χ1) is 25.5. The lowest BCUT2D eigenvalue weighted by atomic mass is 10.1. The highest BCUT2D eigenvalue weighted by Gasteiger charge is 2.16. The van der Waals surface area contributed by atoms with Crippen LogP contribution in [0, 0.1) is 68.6 Å². The van der Waals surface area contributed by atoms with E-state index in [1.54, 1.807) is 60.8 Å². The standard InChI is InChI=1S/C20H15BrN6O.C20H18N4O/c1-11-7-14(10-23)8-12(2)17(11)28-19-16(21)18(24)26-20(27-19)25-15-5-3-13(9-22)4-6-15;1-13-10-14(2)19(15(3)11-13)25-18-8-9-22-20(24-18)23-17-6-4-16(12-21)5-7-17/h3-8H,1-2H3,(H3,24,25,26,27);4-11H,1-3H3,(H,22,23,24). The van der Waals surface area contributed by atoms with Crippen molar-refractivity contribution in [1.29, 1.82) is 15.8 Å². The lowest BCUT2D eigenvalue weighted by Crippen LogP contribution is -2.04. The fourth-order valence-electron chi connectivity index (χ4n) is 5.24. The average molecular weight is 766 g/mol. The number of nitrogens with one attached hydrogen (secondary N) is 2. The summed E-state index contributed by atoms with van der Waals surface area (Å²) in [5.41, 5.74) is 14.2. The third kappa shape index (κ3) is 9.62. The van der Waals surface area contributed by atoms with Crippen LogP contribution in [-0.4, -0.2) is 19.9 Å². The number of nitrogens with zero attached hydrogens (tertiary/aromatic N) is 7. The molecule has 0 radical (unpaired) electrons. The van der Waals surface area contributed by atoms with Crippen LogP contribution in [-0.2, 0) is 0 Å². The Labute approximate surface area is 315 Å². The van der Waals surface area contributed by atoms with Crippen molar-refractivity contribution in [2.45, 2.75) is 34.6 Å². The molecule has 0 fully saturated rings. The molecule has 2 heterocycles. The van der Waals surface area contributed by atoms with Crippen molar-refractivity contribution in [3.63, 3.8) is 0 Å². The predicted octanol–water partition coefficient (Wildman–Crippen LogP) is 9.53. The highest BCUT2D eigenvalue weighted by Crippen LogP contribution is 2.36. The summed E-state index contributed by atoms with van der Waals surface area (Å²) in [4.78, 5) is 17.2. The Bertz CT molecular complexity index is 2370. The van der Waals surface area contributed by atoms with Gasteiger partial charge in [-0.05, 0) is 133 Å². The van der Waals surface area contributed by atoms with Gasteiger partial charge in [0.2, 0.25) is 23.7 Å². The van der Waals surface area contributed by atoms with Crippen LogP contribution in [0.5, 0.6) is 23.3 Å². The highest BCUT2D eigenvalue weighted by atomic mass is 79.9. The molecule has 6 rings (SSSR count). The van der Waals surface area contributed by atoms with E-state index in [0.717, 1.165) is 33.7 Å². The van der Waals surface area contributed by atoms with Crippen LogP contribution in [0.15, 0.2) is 89.5 Å². The van der Waals surface area contributed by atoms with Crippen LogP contribution in [0.3, 0.4) is 0 Å². The zero-order valence-electron chi connectivity index (χ0n) is 29.5. The quantitative estimate of drug-likeness (QED) is 0.133. The molecule has 4 N–H and O–H groups in total. The molecule has 0 aliphatic rings. The smallest absolute Gasteiger partial charge is 0.240 e. The minimum atomic E-state index is 0.213. The summed E-state index contributed by atoms with van der Waals surface area (Å²) >= 11 is 3.36. The first-order valence-corrected chi connectivity index (χ1v) is 16.9. The van der Waals surface area contributed by atoms with Crippen molar-refractivity contribution in [1.82, 2.24) is 19.9 Å². The van der Waals surface area contributed by atoms with E-state index in [1.807, 2.05) is 39.8 Å². The number of hydrogen-bond acceptors (Lipinski definition) is 12. The van der Waals surface area contributed by atoms with Crippen molar-refractivity contribution in [2.24, 2.45) is 0 Å². The lowest BCUT2D eigenvalue weighted by Gasteiger charge is -2.14. The van der Waals surface area contributed by atoms with Crippen molar-refractivity contribution < 1.29 is 9.47 Å². The van der Waals surface area contributed by atoms with E-state index in [4.69, 9.17) is 31.0 Å². The Balaban J connectivity index is 0.000000206. The summed E-state index contributed by atoms with van der Waals surface area (Å²) in [6.07, 6.45) is 1.65. The molecule has 6 aromatic rings. The van der Waals surface area contributed by atoms with Crippen LogP contribution in [0.25, 0.3) is 0 Å². The van der Waals surface area contributed by atoms with Crippen LogP contribution in [0.1, 0.15) is 44.5 Å². The number of ether oxygens (including phenoxy) is 2. The van der Waals surface area contributed by atoms with E-state index in [2.05, 4.69) is 83.8 Å². The SMILES string of the molecule is Cc1cc(C#N)cc(C)c1Oc1nc(Nc2ccc(C#N)cc2)nc(N)c1Br.Cc1cc(C)c(Oc2ccnc(Nc3ccc(C#N)cc3)n2)c(C)c1. The molecule has 0 atom stereocenters. The first-order valence-electron chi connectivity index (χ1n) is 16.1. The van der Waals surface area contributed by atoms with Gasteiger partial charge in [-0.15, -0.1) is 0 Å². The summed E-state index contributed by atoms with van der Waals surface area (Å²) in [7, 11) is 0. The van der Waals surface area contributed by atoms with Crippen molar-refractivity contribution in [2.75, 3.05) is 16.4 Å². The van der Waals surface area contributed by atoms with Crippen molar-refractivity contribution in [3.8, 4) is 41.5 Å². The summed E-state index contributed by atoms with van der Waals surface area (Å²) in [6, 6.07) is 29.6. The minimum Gasteiger partial charge on any atom is -0.438 e. The van der Waals surface area contributed by atoms with Gasteiger partial charge in [0.15, 0.2) is 0 Å². The maximum Gasteiger partial charge on any atom is 0.240 e. The molecule has 13 heteroatoms. The van der Waals surface area contributed by atoms with E-state index in [-0.39, 0.29) is 17.6 Å². The fraction of sp³-hybridized carbons (Fsp3) is 0.125. The molecular weight excluding hydrogens is 732 g/mol. The van der Waals surface area contributed by atoms with Gasteiger partial charge in [-0.3, -0.25) is 0 Å². The third-order valence-electron chi connectivity index (χ3n) is 7.62. The van der Waals surface area contributed by atoms with Crippen molar-refractivity contribution in [3.05, 3.63) is 134 Å². The molecule has 0 aliphatic carbocycles. The van der Waals surface area contributed by atoms with E-state index in [1.165, 1.54) is 5.56 Å². The number of aromatic nitrogens is 4. The number of nitrogen functional groups attached to an aromatic ring is 1. The van der Waals surface area contributed by atoms with Gasteiger partial charge in [-0.25, -0.2) is 4.98 Å². The molecule has 2 aromatic heterocycles. The van der Waals surface area contributed by atoms with E-state index in [9.17, 15) is 0 Å². The molecule has 4 aromatic carbocycles. The Kier molecular flexibility index (Phi) is 11.8. The third-order valence-corrected chi connectivity index (χ3v) is 8.36. The van der Waals surface area contributed by atoms with Gasteiger partial charge in [0.1, 0.15) is 21.8 Å². The fourth-order valence-corrected chi connectivity index (χ4v) is 5.50. The molecule has 0 unspecified atom stereocenters. The zero-order valence-corrected chi connectivity index (χ0v) is 31.1. The second-order valence-electron chi connectivity index (χ2n) is 11.9. The molecule has 53 heavy (non-hydrogen) atoms. The summed E-state index contributed by atoms with van der Waals surface area (Å²) < 4.78 is 12.4. The predicted molar refractivity (Wildman–Crippen MR) is 206 cm³/mol. The molecule has 0 aliphatic heterocycles. The molecule has 12 nitrogen and oxygen atoms in total. The summed E-state index contributed by atoms with van der Waals surface area (Å²) in [5.74, 6) is 3.04. The summed E-state index contributed by atoms with van der Waals surface area (Å²) in [6.45, 7) is 9.82. The van der Waals surface area contributed by atoms with Crippen LogP contribution in [0.4, 0.5) is 29.1 Å². The van der Waals surface area contributed by atoms with Gasteiger partial charge in [-0.1, -0.05) is 17.7 Å². The van der Waals surface area contributed by atoms with Crippen LogP contribution < -0.4 is 25.8 Å². The number of halogens is 1. The maximum atomic E-state index is 9.10. The van der Waals surface area contributed by atoms with Gasteiger partial charge in [0.05, 0.1) is 34.9 Å². The molecule has 0 bridgehead atoms. The van der Waals surface area contributed by atoms with E-state index < -0.39 is 0 Å². The summed E-state index contributed by atoms with van der Waals surface area (Å²) in [5, 5.41) is 33.0. The van der Waals surface area contributed by atoms with Gasteiger partial charge in [0.25, 0.3) is 0 Å². The topological polar surface area (TPSA) is 191 Å². The molecule has 0 amide bonds. The number of rotatable bonds is 8. The Morgan fingerprint density at radius 1 is 0.604 bits per heavy atom. The van der Waals surface area contributed by atoms with Crippen LogP contribution >= 0.6 is 15.9 Å². The number of hydrogen-bond donors (Lipinski definition) is 3. The molecule has 0 saturated carbocycles. The zero-order chi connectivity index (χ0) is 38.1. The number of nitrogens with two attached hydrogens (primary N) is 1. The largest absolute Gasteiger partial charge is 0.438 e. The molecule has 262 valence electrons. The Morgan fingerprint density at radius 3 is 1.62 bits per heavy atom. The number of anilines is 5. The second kappa shape index (κ2) is 16.8. The monoisotopic (exact) mass is 764 g/mol. The number of nitriles is 3. The first kappa shape index (κ1) is 37.3. The van der Waals surface area contributed by atoms with Gasteiger partial charge in [0, 0.05) is 23.6 Å². The number of aryl methyl sites for hydroxylation is 5. The van der Waals surface area contributed by atoms with Crippen molar-refractivity contribution >= 4 is 45.0 Å². The molecule has 0 spiro atoms. The van der Waals surface area contributed by atoms with Gasteiger partial charge >= 0.3 is 0 Å². The van der Waals surface area contributed by atoms with E-state index in [0.29, 0.717) is 44.4 Å². The second-order valence-corrected chi connectivity index (χ2v) is 12.7. The average Bonchev–Trinajstić information content (AvgIpc) is 3.14. The number of benzene rings is 4. The Morgan fingerprint density at radius 2 is 1.09 bits per heavy atom. The van der Waals surface area contributed by atoms with Gasteiger partial charge in [-0.2, -0.15) is 30.7 Å². The van der Waals surface area contributed by atoms with Crippen LogP contribution in [0.2, 0.25) is 0 Å². The normalized spacial score (nSPS) is 10.1.